The Morgan fingerprint density at radius 2 is 1.79 bits per heavy atom. The van der Waals surface area contributed by atoms with Crippen molar-refractivity contribution in [3.8, 4) is 11.4 Å². The van der Waals surface area contributed by atoms with Gasteiger partial charge in [0.1, 0.15) is 12.4 Å². The molecule has 0 unspecified atom stereocenters. The number of halogens is 1. The molecule has 2 aromatic rings. The molecule has 0 saturated heterocycles. The Labute approximate surface area is 101 Å². The molecule has 3 heteroatoms. The third-order valence-corrected chi connectivity index (χ3v) is 2.20. The molecule has 0 fully saturated rings. The van der Waals surface area contributed by atoms with Gasteiger partial charge in [-0.05, 0) is 19.1 Å². The fourth-order valence-electron chi connectivity index (χ4n) is 1.40. The van der Waals surface area contributed by atoms with Crippen molar-refractivity contribution in [3.05, 3.63) is 42.2 Å². The number of H-pyrrole nitrogens is 1. The van der Waals surface area contributed by atoms with E-state index in [4.69, 9.17) is 0 Å². The summed E-state index contributed by atoms with van der Waals surface area (Å²) >= 11 is 0. The molecular weight excluding hydrogens is 287 g/mol. The number of nitrogens with one attached hydrogen (secondary N) is 1. The molecule has 2 rings (SSSR count). The number of benzene rings is 1. The van der Waals surface area contributed by atoms with Crippen molar-refractivity contribution < 1.29 is 28.5 Å². The molecule has 1 aromatic heterocycles. The summed E-state index contributed by atoms with van der Waals surface area (Å²) in [5.41, 5.74) is 2.51. The molecule has 0 radical (unpaired) electrons. The monoisotopic (exact) mass is 300 g/mol. The minimum atomic E-state index is 0. The van der Waals surface area contributed by atoms with Gasteiger partial charge in [0.2, 0.25) is 0 Å². The molecule has 1 aromatic carbocycles. The molecule has 0 saturated carbocycles. The summed E-state index contributed by atoms with van der Waals surface area (Å²) in [6, 6.07) is 8.49. The van der Waals surface area contributed by atoms with Gasteiger partial charge >= 0.3 is 0 Å². The summed E-state index contributed by atoms with van der Waals surface area (Å²) in [5.74, 6) is 1.14. The van der Waals surface area contributed by atoms with Gasteiger partial charge in [-0.2, -0.15) is 0 Å². The first-order valence-corrected chi connectivity index (χ1v) is 4.37. The Bertz CT molecular complexity index is 403. The van der Waals surface area contributed by atoms with Crippen molar-refractivity contribution in [3.63, 3.8) is 0 Å². The van der Waals surface area contributed by atoms with Crippen molar-refractivity contribution in [1.29, 1.82) is 0 Å². The number of aromatic amines is 1. The molecule has 1 N–H and O–H groups in total. The summed E-state index contributed by atoms with van der Waals surface area (Å²) in [5, 5.41) is 0. The topological polar surface area (TPSA) is 19.7 Å². The van der Waals surface area contributed by atoms with Crippen LogP contribution >= 0.6 is 0 Å². The average Bonchev–Trinajstić information content (AvgIpc) is 2.53. The Hall–Kier alpha value is -0.840. The zero-order valence-corrected chi connectivity index (χ0v) is 10.4. The molecule has 0 aliphatic heterocycles. The maximum atomic E-state index is 3.20. The molecule has 0 aliphatic carbocycles. The number of hydrogen-bond donors (Lipinski definition) is 1. The first kappa shape index (κ1) is 11.2. The lowest BCUT2D eigenvalue weighted by Gasteiger charge is -1.95. The number of hydrogen-bond acceptors (Lipinski definition) is 0. The third-order valence-electron chi connectivity index (χ3n) is 2.20. The number of aromatic nitrogens is 2. The summed E-state index contributed by atoms with van der Waals surface area (Å²) in [6.07, 6.45) is 3.95. The van der Waals surface area contributed by atoms with Gasteiger partial charge in [0.15, 0.2) is 0 Å². The fraction of sp³-hybridized carbons (Fsp3) is 0.182. The number of nitrogens with zero attached hydrogens (tertiary/aromatic N) is 1. The van der Waals surface area contributed by atoms with E-state index in [1.54, 1.807) is 0 Å². The predicted molar refractivity (Wildman–Crippen MR) is 52.1 cm³/mol. The molecule has 2 nitrogen and oxygen atoms in total. The number of rotatable bonds is 1. The maximum absolute atomic E-state index is 3.20. The van der Waals surface area contributed by atoms with Crippen LogP contribution in [-0.4, -0.2) is 4.98 Å². The van der Waals surface area contributed by atoms with E-state index >= 15 is 0 Å². The zero-order valence-electron chi connectivity index (χ0n) is 8.29. The van der Waals surface area contributed by atoms with Crippen LogP contribution in [0.15, 0.2) is 36.7 Å². The lowest BCUT2D eigenvalue weighted by molar-refractivity contribution is -0.658. The van der Waals surface area contributed by atoms with Crippen molar-refractivity contribution >= 4 is 0 Å². The van der Waals surface area contributed by atoms with E-state index in [1.165, 1.54) is 11.1 Å². The van der Waals surface area contributed by atoms with Crippen LogP contribution in [0.25, 0.3) is 11.4 Å². The lowest BCUT2D eigenvalue weighted by Crippen LogP contribution is -3.00. The van der Waals surface area contributed by atoms with Gasteiger partial charge in [0, 0.05) is 0 Å². The highest BCUT2D eigenvalue weighted by atomic mass is 127. The highest BCUT2D eigenvalue weighted by Gasteiger charge is 2.08. The summed E-state index contributed by atoms with van der Waals surface area (Å²) in [6.45, 7) is 2.10. The molecule has 0 atom stereocenters. The minimum Gasteiger partial charge on any atom is -1.00 e. The molecule has 0 spiro atoms. The minimum absolute atomic E-state index is 0. The van der Waals surface area contributed by atoms with Gasteiger partial charge in [-0.3, -0.25) is 0 Å². The standard InChI is InChI=1S/C11H12N2.HI/c1-9-3-5-10(6-4-9)11-12-7-8-13(11)2;/h3-8H,1-2H3;1H. The van der Waals surface area contributed by atoms with Crippen LogP contribution in [0.5, 0.6) is 0 Å². The number of imidazole rings is 1. The second-order valence-corrected chi connectivity index (χ2v) is 3.29. The highest BCUT2D eigenvalue weighted by molar-refractivity contribution is 5.52. The van der Waals surface area contributed by atoms with Crippen LogP contribution in [0.2, 0.25) is 0 Å². The van der Waals surface area contributed by atoms with E-state index in [-0.39, 0.29) is 24.0 Å². The van der Waals surface area contributed by atoms with Crippen LogP contribution in [0.3, 0.4) is 0 Å². The SMILES string of the molecule is Cc1ccc(-c2[nH]cc[n+]2C)cc1.[I-]. The molecule has 1 heterocycles. The predicted octanol–water partition coefficient (Wildman–Crippen LogP) is -1.18. The van der Waals surface area contributed by atoms with E-state index < -0.39 is 0 Å². The summed E-state index contributed by atoms with van der Waals surface area (Å²) < 4.78 is 2.07. The van der Waals surface area contributed by atoms with Gasteiger partial charge in [-0.1, -0.05) is 17.7 Å². The normalized spacial score (nSPS) is 9.57. The molecule has 14 heavy (non-hydrogen) atoms. The van der Waals surface area contributed by atoms with Gasteiger partial charge in [-0.25, -0.2) is 9.55 Å². The van der Waals surface area contributed by atoms with Crippen LogP contribution in [0.1, 0.15) is 5.56 Å². The van der Waals surface area contributed by atoms with E-state index in [0.29, 0.717) is 0 Å². The average molecular weight is 300 g/mol. The van der Waals surface area contributed by atoms with Gasteiger partial charge in [-0.15, -0.1) is 0 Å². The van der Waals surface area contributed by atoms with E-state index in [2.05, 4.69) is 40.7 Å². The van der Waals surface area contributed by atoms with E-state index in [9.17, 15) is 0 Å². The zero-order chi connectivity index (χ0) is 9.26. The summed E-state index contributed by atoms with van der Waals surface area (Å²) in [4.78, 5) is 3.20. The van der Waals surface area contributed by atoms with Crippen LogP contribution in [-0.2, 0) is 7.05 Å². The first-order valence-electron chi connectivity index (χ1n) is 4.37. The molecular formula is C11H13IN2. The second kappa shape index (κ2) is 4.59. The largest absolute Gasteiger partial charge is 1.00 e. The van der Waals surface area contributed by atoms with Crippen molar-refractivity contribution in [2.45, 2.75) is 6.92 Å². The Kier molecular flexibility index (Phi) is 3.69. The number of aryl methyl sites for hydroxylation is 2. The Morgan fingerprint density at radius 3 is 2.29 bits per heavy atom. The summed E-state index contributed by atoms with van der Waals surface area (Å²) in [7, 11) is 2.03. The molecule has 0 aliphatic rings. The van der Waals surface area contributed by atoms with Gasteiger partial charge < -0.3 is 24.0 Å². The first-order chi connectivity index (χ1) is 6.27. The Balaban J connectivity index is 0.000000980. The van der Waals surface area contributed by atoms with Gasteiger partial charge in [0.05, 0.1) is 12.6 Å². The van der Waals surface area contributed by atoms with Crippen LogP contribution in [0, 0.1) is 6.92 Å². The maximum Gasteiger partial charge on any atom is 0.286 e. The molecule has 74 valence electrons. The quantitative estimate of drug-likeness (QED) is 0.505. The fourth-order valence-corrected chi connectivity index (χ4v) is 1.40. The lowest BCUT2D eigenvalue weighted by atomic mass is 10.1. The molecule has 0 amide bonds. The van der Waals surface area contributed by atoms with Gasteiger partial charge in [0.25, 0.3) is 5.82 Å². The van der Waals surface area contributed by atoms with Crippen LogP contribution < -0.4 is 28.5 Å². The Morgan fingerprint density at radius 1 is 1.14 bits per heavy atom. The van der Waals surface area contributed by atoms with Crippen LogP contribution in [0.4, 0.5) is 0 Å². The smallest absolute Gasteiger partial charge is 0.286 e. The van der Waals surface area contributed by atoms with E-state index in [0.717, 1.165) is 5.82 Å². The van der Waals surface area contributed by atoms with Crippen molar-refractivity contribution in [2.24, 2.45) is 7.05 Å². The van der Waals surface area contributed by atoms with Crippen molar-refractivity contribution in [1.82, 2.24) is 4.98 Å². The highest BCUT2D eigenvalue weighted by Crippen LogP contribution is 2.12. The molecule has 0 bridgehead atoms. The second-order valence-electron chi connectivity index (χ2n) is 3.29. The van der Waals surface area contributed by atoms with E-state index in [1.807, 2.05) is 19.4 Å². The third kappa shape index (κ3) is 2.15. The van der Waals surface area contributed by atoms with Crippen molar-refractivity contribution in [2.75, 3.05) is 0 Å².